The number of anilines is 1. The van der Waals surface area contributed by atoms with E-state index >= 15 is 0 Å². The number of hydrogen-bond acceptors (Lipinski definition) is 4. The highest BCUT2D eigenvalue weighted by Gasteiger charge is 2.13. The summed E-state index contributed by atoms with van der Waals surface area (Å²) in [7, 11) is 1.64. The quantitative estimate of drug-likeness (QED) is 0.607. The van der Waals surface area contributed by atoms with Crippen LogP contribution in [0.2, 0.25) is 0 Å². The molecule has 0 saturated heterocycles. The number of benzene rings is 2. The van der Waals surface area contributed by atoms with Gasteiger partial charge in [-0.05, 0) is 61.5 Å². The smallest absolute Gasteiger partial charge is 0.338 e. The van der Waals surface area contributed by atoms with Crippen molar-refractivity contribution in [1.29, 1.82) is 0 Å². The molecule has 0 radical (unpaired) electrons. The molecular weight excluding hydrogens is 336 g/mol. The Hall–Kier alpha value is -2.60. The van der Waals surface area contributed by atoms with Crippen LogP contribution in [0.1, 0.15) is 28.4 Å². The van der Waals surface area contributed by atoms with Gasteiger partial charge in [0.15, 0.2) is 5.11 Å². The lowest BCUT2D eigenvalue weighted by molar-refractivity contribution is 0.0525. The molecule has 0 aliphatic carbocycles. The van der Waals surface area contributed by atoms with Gasteiger partial charge in [0.25, 0.3) is 0 Å². The van der Waals surface area contributed by atoms with Crippen LogP contribution in [-0.4, -0.2) is 24.8 Å². The van der Waals surface area contributed by atoms with E-state index < -0.39 is 0 Å². The minimum absolute atomic E-state index is 0.333. The van der Waals surface area contributed by atoms with Crippen LogP contribution in [0.15, 0.2) is 42.5 Å². The number of methoxy groups -OCH3 is 1. The molecule has 0 saturated carbocycles. The summed E-state index contributed by atoms with van der Waals surface area (Å²) in [6.45, 7) is 4.58. The summed E-state index contributed by atoms with van der Waals surface area (Å²) >= 11 is 5.34. The number of thiocarbonyl (C=S) groups is 1. The molecule has 0 fully saturated rings. The molecule has 0 aromatic heterocycles. The van der Waals surface area contributed by atoms with Gasteiger partial charge >= 0.3 is 5.97 Å². The Labute approximate surface area is 153 Å². The maximum absolute atomic E-state index is 12.0. The zero-order valence-corrected chi connectivity index (χ0v) is 15.4. The fourth-order valence-electron chi connectivity index (χ4n) is 2.29. The Morgan fingerprint density at radius 2 is 1.88 bits per heavy atom. The Bertz CT molecular complexity index is 745. The summed E-state index contributed by atoms with van der Waals surface area (Å²) in [6.07, 6.45) is 0. The molecule has 25 heavy (non-hydrogen) atoms. The van der Waals surface area contributed by atoms with Gasteiger partial charge in [-0.3, -0.25) is 0 Å². The second kappa shape index (κ2) is 9.03. The van der Waals surface area contributed by atoms with Crippen LogP contribution in [0.25, 0.3) is 0 Å². The van der Waals surface area contributed by atoms with Crippen molar-refractivity contribution in [2.75, 3.05) is 19.0 Å². The first-order valence-electron chi connectivity index (χ1n) is 7.99. The molecule has 0 aliphatic rings. The zero-order valence-electron chi connectivity index (χ0n) is 14.6. The SMILES string of the molecule is CCOC(=O)c1cccc(NC(=S)NCc2ccc(OC)cc2)c1C. The van der Waals surface area contributed by atoms with Gasteiger partial charge in [0.05, 0.1) is 19.3 Å². The fraction of sp³-hybridized carbons (Fsp3) is 0.263. The van der Waals surface area contributed by atoms with Crippen molar-refractivity contribution >= 4 is 29.0 Å². The van der Waals surface area contributed by atoms with Crippen LogP contribution in [0.4, 0.5) is 5.69 Å². The minimum Gasteiger partial charge on any atom is -0.497 e. The van der Waals surface area contributed by atoms with Crippen LogP contribution < -0.4 is 15.4 Å². The van der Waals surface area contributed by atoms with Crippen molar-refractivity contribution < 1.29 is 14.3 Å². The van der Waals surface area contributed by atoms with E-state index in [2.05, 4.69) is 10.6 Å². The van der Waals surface area contributed by atoms with Gasteiger partial charge in [-0.1, -0.05) is 18.2 Å². The molecule has 0 heterocycles. The van der Waals surface area contributed by atoms with Gasteiger partial charge in [-0.2, -0.15) is 0 Å². The summed E-state index contributed by atoms with van der Waals surface area (Å²) in [5.74, 6) is 0.483. The third-order valence-electron chi connectivity index (χ3n) is 3.69. The number of hydrogen-bond donors (Lipinski definition) is 2. The van der Waals surface area contributed by atoms with E-state index in [9.17, 15) is 4.79 Å². The maximum Gasteiger partial charge on any atom is 0.338 e. The molecule has 0 amide bonds. The van der Waals surface area contributed by atoms with Crippen LogP contribution >= 0.6 is 12.2 Å². The van der Waals surface area contributed by atoms with Crippen molar-refractivity contribution in [3.63, 3.8) is 0 Å². The topological polar surface area (TPSA) is 59.6 Å². The van der Waals surface area contributed by atoms with Crippen LogP contribution in [0.3, 0.4) is 0 Å². The largest absolute Gasteiger partial charge is 0.497 e. The predicted molar refractivity (Wildman–Crippen MR) is 103 cm³/mol. The number of carbonyl (C=O) groups is 1. The molecule has 6 heteroatoms. The van der Waals surface area contributed by atoms with Gasteiger partial charge in [-0.25, -0.2) is 4.79 Å². The number of carbonyl (C=O) groups excluding carboxylic acids is 1. The highest BCUT2D eigenvalue weighted by molar-refractivity contribution is 7.80. The standard InChI is InChI=1S/C19H22N2O3S/c1-4-24-18(22)16-6-5-7-17(13(16)2)21-19(25)20-12-14-8-10-15(23-3)11-9-14/h5-11H,4,12H2,1-3H3,(H2,20,21,25). The second-order valence-corrected chi connectivity index (χ2v) is 5.76. The minimum atomic E-state index is -0.333. The van der Waals surface area contributed by atoms with Crippen molar-refractivity contribution in [3.05, 3.63) is 59.2 Å². The van der Waals surface area contributed by atoms with Crippen molar-refractivity contribution in [2.24, 2.45) is 0 Å². The van der Waals surface area contributed by atoms with Crippen molar-refractivity contribution in [1.82, 2.24) is 5.32 Å². The molecule has 0 atom stereocenters. The zero-order chi connectivity index (χ0) is 18.2. The van der Waals surface area contributed by atoms with E-state index in [0.717, 1.165) is 22.6 Å². The molecule has 2 aromatic rings. The molecule has 2 N–H and O–H groups in total. The van der Waals surface area contributed by atoms with E-state index in [1.165, 1.54) is 0 Å². The number of nitrogens with one attached hydrogen (secondary N) is 2. The molecule has 0 aliphatic heterocycles. The Morgan fingerprint density at radius 3 is 2.52 bits per heavy atom. The van der Waals surface area contributed by atoms with Crippen LogP contribution in [0, 0.1) is 6.92 Å². The third kappa shape index (κ3) is 5.19. The number of ether oxygens (including phenoxy) is 2. The number of rotatable bonds is 6. The van der Waals surface area contributed by atoms with Crippen molar-refractivity contribution in [3.8, 4) is 5.75 Å². The monoisotopic (exact) mass is 358 g/mol. The molecule has 132 valence electrons. The number of esters is 1. The normalized spacial score (nSPS) is 10.0. The lowest BCUT2D eigenvalue weighted by Gasteiger charge is -2.14. The first-order valence-corrected chi connectivity index (χ1v) is 8.40. The first kappa shape index (κ1) is 18.7. The molecular formula is C19H22N2O3S. The molecule has 0 bridgehead atoms. The van der Waals surface area contributed by atoms with E-state index in [-0.39, 0.29) is 5.97 Å². The highest BCUT2D eigenvalue weighted by Crippen LogP contribution is 2.20. The van der Waals surface area contributed by atoms with E-state index in [0.29, 0.717) is 23.8 Å². The molecule has 2 rings (SSSR count). The maximum atomic E-state index is 12.0. The Kier molecular flexibility index (Phi) is 6.77. The second-order valence-electron chi connectivity index (χ2n) is 5.35. The van der Waals surface area contributed by atoms with Crippen LogP contribution in [0.5, 0.6) is 5.75 Å². The Morgan fingerprint density at radius 1 is 1.16 bits per heavy atom. The van der Waals surface area contributed by atoms with Gasteiger partial charge in [0.2, 0.25) is 0 Å². The fourth-order valence-corrected chi connectivity index (χ4v) is 2.48. The van der Waals surface area contributed by atoms with Crippen molar-refractivity contribution in [2.45, 2.75) is 20.4 Å². The summed E-state index contributed by atoms with van der Waals surface area (Å²) in [5.41, 5.74) is 3.19. The average Bonchev–Trinajstić information content (AvgIpc) is 2.62. The van der Waals surface area contributed by atoms with E-state index in [1.54, 1.807) is 26.2 Å². The van der Waals surface area contributed by atoms with E-state index in [1.807, 2.05) is 37.3 Å². The van der Waals surface area contributed by atoms with Crippen LogP contribution in [-0.2, 0) is 11.3 Å². The van der Waals surface area contributed by atoms with Gasteiger partial charge in [0, 0.05) is 12.2 Å². The van der Waals surface area contributed by atoms with Gasteiger partial charge < -0.3 is 20.1 Å². The summed E-state index contributed by atoms with van der Waals surface area (Å²) in [4.78, 5) is 12.0. The first-order chi connectivity index (χ1) is 12.0. The lowest BCUT2D eigenvalue weighted by Crippen LogP contribution is -2.28. The average molecular weight is 358 g/mol. The van der Waals surface area contributed by atoms with E-state index in [4.69, 9.17) is 21.7 Å². The summed E-state index contributed by atoms with van der Waals surface area (Å²) in [5, 5.41) is 6.76. The molecule has 2 aromatic carbocycles. The third-order valence-corrected chi connectivity index (χ3v) is 3.94. The molecule has 5 nitrogen and oxygen atoms in total. The Balaban J connectivity index is 1.97. The predicted octanol–water partition coefficient (Wildman–Crippen LogP) is 3.67. The summed E-state index contributed by atoms with van der Waals surface area (Å²) < 4.78 is 10.2. The molecule has 0 spiro atoms. The highest BCUT2D eigenvalue weighted by atomic mass is 32.1. The van der Waals surface area contributed by atoms with Gasteiger partial charge in [-0.15, -0.1) is 0 Å². The summed E-state index contributed by atoms with van der Waals surface area (Å²) in [6, 6.07) is 13.2. The van der Waals surface area contributed by atoms with Gasteiger partial charge in [0.1, 0.15) is 5.75 Å². The lowest BCUT2D eigenvalue weighted by atomic mass is 10.1. The molecule has 0 unspecified atom stereocenters.